The van der Waals surface area contributed by atoms with E-state index in [2.05, 4.69) is 10.4 Å². The Labute approximate surface area is 153 Å². The predicted molar refractivity (Wildman–Crippen MR) is 102 cm³/mol. The molecule has 3 rings (SSSR count). The van der Waals surface area contributed by atoms with Gasteiger partial charge >= 0.3 is 0 Å². The molecule has 0 aliphatic heterocycles. The quantitative estimate of drug-likeness (QED) is 0.741. The Bertz CT molecular complexity index is 927. The van der Waals surface area contributed by atoms with Crippen LogP contribution >= 0.6 is 0 Å². The summed E-state index contributed by atoms with van der Waals surface area (Å²) < 4.78 is 1.92. The molecule has 2 aromatic carbocycles. The number of aromatic hydroxyl groups is 1. The molecule has 0 atom stereocenters. The Balaban J connectivity index is 1.59. The highest BCUT2D eigenvalue weighted by Crippen LogP contribution is 2.18. The van der Waals surface area contributed by atoms with Crippen LogP contribution in [0.1, 0.15) is 32.9 Å². The molecule has 1 aromatic heterocycles. The molecule has 0 saturated heterocycles. The van der Waals surface area contributed by atoms with Gasteiger partial charge in [-0.1, -0.05) is 23.8 Å². The van der Waals surface area contributed by atoms with E-state index in [1.165, 1.54) is 0 Å². The van der Waals surface area contributed by atoms with Gasteiger partial charge in [-0.05, 0) is 63.1 Å². The van der Waals surface area contributed by atoms with Crippen LogP contribution < -0.4 is 5.32 Å². The Morgan fingerprint density at radius 3 is 2.46 bits per heavy atom. The predicted octanol–water partition coefficient (Wildman–Crippen LogP) is 3.48. The van der Waals surface area contributed by atoms with Crippen molar-refractivity contribution in [3.8, 4) is 11.4 Å². The smallest absolute Gasteiger partial charge is 0.255 e. The summed E-state index contributed by atoms with van der Waals surface area (Å²) in [5.74, 6) is -0.257. The van der Waals surface area contributed by atoms with E-state index in [1.54, 1.807) is 18.2 Å². The van der Waals surface area contributed by atoms with Crippen LogP contribution in [0.2, 0.25) is 0 Å². The second kappa shape index (κ2) is 7.44. The first-order valence-electron chi connectivity index (χ1n) is 8.64. The maximum Gasteiger partial charge on any atom is 0.255 e. The van der Waals surface area contributed by atoms with Crippen molar-refractivity contribution in [2.45, 2.75) is 27.2 Å². The van der Waals surface area contributed by atoms with Crippen molar-refractivity contribution in [1.82, 2.24) is 15.1 Å². The molecule has 1 amide bonds. The SMILES string of the molecule is Cc1ccc(O)c(C(=O)NCCc2ccc(-n3nc(C)cc3C)cc2)c1. The number of nitrogens with one attached hydrogen (secondary N) is 1. The van der Waals surface area contributed by atoms with Crippen LogP contribution in [0.5, 0.6) is 5.75 Å². The fourth-order valence-electron chi connectivity index (χ4n) is 2.94. The number of amides is 1. The zero-order chi connectivity index (χ0) is 18.7. The first-order valence-corrected chi connectivity index (χ1v) is 8.64. The van der Waals surface area contributed by atoms with Gasteiger partial charge in [-0.25, -0.2) is 4.68 Å². The summed E-state index contributed by atoms with van der Waals surface area (Å²) in [6.07, 6.45) is 0.718. The van der Waals surface area contributed by atoms with E-state index < -0.39 is 0 Å². The number of hydrogen-bond donors (Lipinski definition) is 2. The lowest BCUT2D eigenvalue weighted by Gasteiger charge is -2.09. The molecule has 5 nitrogen and oxygen atoms in total. The molecule has 0 aliphatic rings. The molecule has 0 aliphatic carbocycles. The van der Waals surface area contributed by atoms with Crippen LogP contribution in [0.3, 0.4) is 0 Å². The molecule has 26 heavy (non-hydrogen) atoms. The lowest BCUT2D eigenvalue weighted by molar-refractivity contribution is 0.0951. The van der Waals surface area contributed by atoms with Crippen LogP contribution in [0.25, 0.3) is 5.69 Å². The summed E-state index contributed by atoms with van der Waals surface area (Å²) in [6.45, 7) is 6.41. The molecule has 1 heterocycles. The average molecular weight is 349 g/mol. The molecule has 134 valence electrons. The second-order valence-corrected chi connectivity index (χ2v) is 6.53. The Hall–Kier alpha value is -3.08. The maximum absolute atomic E-state index is 12.2. The maximum atomic E-state index is 12.2. The molecule has 0 bridgehead atoms. The minimum absolute atomic E-state index is 0.00217. The van der Waals surface area contributed by atoms with E-state index in [1.807, 2.05) is 55.8 Å². The molecule has 0 spiro atoms. The number of carbonyl (C=O) groups is 1. The van der Waals surface area contributed by atoms with Crippen molar-refractivity contribution >= 4 is 5.91 Å². The first-order chi connectivity index (χ1) is 12.4. The largest absolute Gasteiger partial charge is 0.507 e. The normalized spacial score (nSPS) is 10.7. The van der Waals surface area contributed by atoms with E-state index >= 15 is 0 Å². The highest BCUT2D eigenvalue weighted by atomic mass is 16.3. The standard InChI is InChI=1S/C21H23N3O2/c1-14-4-9-20(25)19(12-14)21(26)22-11-10-17-5-7-18(8-6-17)24-16(3)13-15(2)23-24/h4-9,12-13,25H,10-11H2,1-3H3,(H,22,26). The molecule has 0 unspecified atom stereocenters. The van der Waals surface area contributed by atoms with Gasteiger partial charge < -0.3 is 10.4 Å². The number of aromatic nitrogens is 2. The van der Waals surface area contributed by atoms with Crippen LogP contribution in [0.4, 0.5) is 0 Å². The number of benzene rings is 2. The topological polar surface area (TPSA) is 67.2 Å². The molecule has 3 aromatic rings. The monoisotopic (exact) mass is 349 g/mol. The number of nitrogens with zero attached hydrogens (tertiary/aromatic N) is 2. The van der Waals surface area contributed by atoms with Gasteiger partial charge in [0.05, 0.1) is 16.9 Å². The average Bonchev–Trinajstić information content (AvgIpc) is 2.96. The zero-order valence-electron chi connectivity index (χ0n) is 15.3. The molecule has 0 fully saturated rings. The van der Waals surface area contributed by atoms with Crippen molar-refractivity contribution in [2.24, 2.45) is 0 Å². The Morgan fingerprint density at radius 2 is 1.81 bits per heavy atom. The fraction of sp³-hybridized carbons (Fsp3) is 0.238. The van der Waals surface area contributed by atoms with Gasteiger partial charge in [-0.2, -0.15) is 5.10 Å². The van der Waals surface area contributed by atoms with E-state index in [0.29, 0.717) is 12.1 Å². The summed E-state index contributed by atoms with van der Waals surface area (Å²) in [4.78, 5) is 12.2. The molecule has 2 N–H and O–H groups in total. The third-order valence-electron chi connectivity index (χ3n) is 4.29. The van der Waals surface area contributed by atoms with Gasteiger partial charge in [-0.15, -0.1) is 0 Å². The molecular formula is C21H23N3O2. The minimum Gasteiger partial charge on any atom is -0.507 e. The second-order valence-electron chi connectivity index (χ2n) is 6.53. The van der Waals surface area contributed by atoms with Gasteiger partial charge in [0.15, 0.2) is 0 Å². The van der Waals surface area contributed by atoms with Gasteiger partial charge in [0.25, 0.3) is 5.91 Å². The number of phenols is 1. The summed E-state index contributed by atoms with van der Waals surface area (Å²) in [5.41, 5.74) is 5.49. The van der Waals surface area contributed by atoms with E-state index in [0.717, 1.165) is 34.6 Å². The minimum atomic E-state index is -0.259. The molecule has 0 radical (unpaired) electrons. The number of phenolic OH excluding ortho intramolecular Hbond substituents is 1. The third kappa shape index (κ3) is 3.94. The summed E-state index contributed by atoms with van der Waals surface area (Å²) in [5, 5.41) is 17.2. The Morgan fingerprint density at radius 1 is 1.08 bits per heavy atom. The highest BCUT2D eigenvalue weighted by Gasteiger charge is 2.10. The summed E-state index contributed by atoms with van der Waals surface area (Å²) in [6, 6.07) is 15.2. The van der Waals surface area contributed by atoms with E-state index in [4.69, 9.17) is 0 Å². The molecule has 5 heteroatoms. The lowest BCUT2D eigenvalue weighted by atomic mass is 10.1. The van der Waals surface area contributed by atoms with Crippen molar-refractivity contribution in [1.29, 1.82) is 0 Å². The van der Waals surface area contributed by atoms with Crippen LogP contribution in [-0.4, -0.2) is 27.3 Å². The van der Waals surface area contributed by atoms with Crippen LogP contribution in [0.15, 0.2) is 48.5 Å². The summed E-state index contributed by atoms with van der Waals surface area (Å²) in [7, 11) is 0. The number of carbonyl (C=O) groups excluding carboxylic acids is 1. The van der Waals surface area contributed by atoms with Crippen molar-refractivity contribution in [3.05, 3.63) is 76.6 Å². The summed E-state index contributed by atoms with van der Waals surface area (Å²) >= 11 is 0. The Kier molecular flexibility index (Phi) is 5.07. The van der Waals surface area contributed by atoms with Gasteiger partial charge in [0.2, 0.25) is 0 Å². The number of hydrogen-bond acceptors (Lipinski definition) is 3. The van der Waals surface area contributed by atoms with Gasteiger partial charge in [-0.3, -0.25) is 4.79 Å². The highest BCUT2D eigenvalue weighted by molar-refractivity contribution is 5.96. The zero-order valence-corrected chi connectivity index (χ0v) is 15.3. The van der Waals surface area contributed by atoms with Gasteiger partial charge in [0, 0.05) is 12.2 Å². The van der Waals surface area contributed by atoms with E-state index in [9.17, 15) is 9.90 Å². The van der Waals surface area contributed by atoms with Crippen molar-refractivity contribution < 1.29 is 9.90 Å². The van der Waals surface area contributed by atoms with Crippen LogP contribution in [0, 0.1) is 20.8 Å². The van der Waals surface area contributed by atoms with Crippen molar-refractivity contribution in [2.75, 3.05) is 6.54 Å². The van der Waals surface area contributed by atoms with Crippen molar-refractivity contribution in [3.63, 3.8) is 0 Å². The van der Waals surface area contributed by atoms with E-state index in [-0.39, 0.29) is 11.7 Å². The first kappa shape index (κ1) is 17.7. The number of aryl methyl sites for hydroxylation is 3. The fourth-order valence-corrected chi connectivity index (χ4v) is 2.94. The lowest BCUT2D eigenvalue weighted by Crippen LogP contribution is -2.25. The molecule has 0 saturated carbocycles. The van der Waals surface area contributed by atoms with Gasteiger partial charge in [0.1, 0.15) is 5.75 Å². The van der Waals surface area contributed by atoms with Crippen LogP contribution in [-0.2, 0) is 6.42 Å². The molecular weight excluding hydrogens is 326 g/mol. The number of rotatable bonds is 5. The third-order valence-corrected chi connectivity index (χ3v) is 4.29.